The summed E-state index contributed by atoms with van der Waals surface area (Å²) in [4.78, 5) is 0. The normalized spacial score (nSPS) is 12.2. The molecular formula is C14H18FO. The van der Waals surface area contributed by atoms with E-state index in [1.165, 1.54) is 0 Å². The van der Waals surface area contributed by atoms with Crippen molar-refractivity contribution in [1.29, 1.82) is 0 Å². The zero-order chi connectivity index (χ0) is 12.0. The molecule has 1 unspecified atom stereocenters. The van der Waals surface area contributed by atoms with Gasteiger partial charge in [-0.25, -0.2) is 0 Å². The van der Waals surface area contributed by atoms with Crippen LogP contribution < -0.4 is 4.74 Å². The monoisotopic (exact) mass is 221 g/mol. The maximum Gasteiger partial charge on any atom is 0.126 e. The second kappa shape index (κ2) is 6.31. The van der Waals surface area contributed by atoms with Crippen molar-refractivity contribution in [2.24, 2.45) is 0 Å². The lowest BCUT2D eigenvalue weighted by molar-refractivity contribution is 0.316. The third kappa shape index (κ3) is 2.84. The highest BCUT2D eigenvalue weighted by Crippen LogP contribution is 2.29. The molecular weight excluding hydrogens is 203 g/mol. The van der Waals surface area contributed by atoms with Gasteiger partial charge in [0.25, 0.3) is 0 Å². The van der Waals surface area contributed by atoms with Gasteiger partial charge in [0.1, 0.15) is 5.75 Å². The highest BCUT2D eigenvalue weighted by atomic mass is 19.1. The molecule has 1 nitrogen and oxygen atoms in total. The lowest BCUT2D eigenvalue weighted by Gasteiger charge is -2.15. The molecule has 0 heterocycles. The molecule has 0 aromatic heterocycles. The van der Waals surface area contributed by atoms with Crippen LogP contribution in [0, 0.1) is 6.92 Å². The van der Waals surface area contributed by atoms with E-state index in [9.17, 15) is 4.39 Å². The Morgan fingerprint density at radius 3 is 2.81 bits per heavy atom. The summed E-state index contributed by atoms with van der Waals surface area (Å²) < 4.78 is 18.2. The second-order valence-electron chi connectivity index (χ2n) is 3.66. The van der Waals surface area contributed by atoms with Gasteiger partial charge in [-0.05, 0) is 25.0 Å². The SMILES string of the molecule is [CH2]C(CF)c1cccc(OCCC)c1C=C. The Morgan fingerprint density at radius 1 is 1.50 bits per heavy atom. The quantitative estimate of drug-likeness (QED) is 0.705. The first-order chi connectivity index (χ1) is 7.74. The fourth-order valence-electron chi connectivity index (χ4n) is 1.56. The Hall–Kier alpha value is -1.31. The molecule has 0 aliphatic rings. The molecule has 0 saturated carbocycles. The molecule has 0 saturated heterocycles. The van der Waals surface area contributed by atoms with E-state index in [2.05, 4.69) is 13.5 Å². The Bertz CT molecular complexity index is 347. The maximum absolute atomic E-state index is 12.6. The Kier molecular flexibility index (Phi) is 5.03. The van der Waals surface area contributed by atoms with Crippen LogP contribution >= 0.6 is 0 Å². The summed E-state index contributed by atoms with van der Waals surface area (Å²) in [7, 11) is 0. The predicted molar refractivity (Wildman–Crippen MR) is 66.4 cm³/mol. The summed E-state index contributed by atoms with van der Waals surface area (Å²) in [5.41, 5.74) is 1.71. The van der Waals surface area contributed by atoms with Gasteiger partial charge in [0.2, 0.25) is 0 Å². The zero-order valence-electron chi connectivity index (χ0n) is 9.71. The molecule has 1 atom stereocenters. The minimum Gasteiger partial charge on any atom is -0.493 e. The number of ether oxygens (including phenoxy) is 1. The van der Waals surface area contributed by atoms with E-state index in [4.69, 9.17) is 4.74 Å². The fraction of sp³-hybridized carbons (Fsp3) is 0.357. The first-order valence-corrected chi connectivity index (χ1v) is 5.51. The van der Waals surface area contributed by atoms with E-state index in [0.717, 1.165) is 23.3 Å². The highest BCUT2D eigenvalue weighted by molar-refractivity contribution is 5.61. The van der Waals surface area contributed by atoms with Gasteiger partial charge in [0, 0.05) is 11.5 Å². The van der Waals surface area contributed by atoms with Gasteiger partial charge in [-0.3, -0.25) is 4.39 Å². The van der Waals surface area contributed by atoms with Crippen molar-refractivity contribution >= 4 is 6.08 Å². The molecule has 0 spiro atoms. The average Bonchev–Trinajstić information content (AvgIpc) is 2.34. The number of halogens is 1. The number of hydrogen-bond acceptors (Lipinski definition) is 1. The Labute approximate surface area is 96.9 Å². The summed E-state index contributed by atoms with van der Waals surface area (Å²) in [5, 5.41) is 0. The molecule has 0 amide bonds. The van der Waals surface area contributed by atoms with Crippen LogP contribution in [-0.4, -0.2) is 13.3 Å². The number of alkyl halides is 1. The van der Waals surface area contributed by atoms with Gasteiger partial charge in [-0.2, -0.15) is 0 Å². The van der Waals surface area contributed by atoms with Crippen LogP contribution in [0.3, 0.4) is 0 Å². The van der Waals surface area contributed by atoms with E-state index < -0.39 is 6.67 Å². The molecule has 1 rings (SSSR count). The van der Waals surface area contributed by atoms with Gasteiger partial charge in [0.15, 0.2) is 0 Å². The van der Waals surface area contributed by atoms with Crippen molar-refractivity contribution in [3.05, 3.63) is 42.8 Å². The van der Waals surface area contributed by atoms with Crippen molar-refractivity contribution in [2.45, 2.75) is 19.3 Å². The van der Waals surface area contributed by atoms with Crippen LogP contribution in [-0.2, 0) is 0 Å². The third-order valence-corrected chi connectivity index (χ3v) is 2.39. The van der Waals surface area contributed by atoms with Crippen LogP contribution in [0.5, 0.6) is 5.75 Å². The summed E-state index contributed by atoms with van der Waals surface area (Å²) in [5.74, 6) is 0.398. The number of hydrogen-bond donors (Lipinski definition) is 0. The molecule has 2 heteroatoms. The van der Waals surface area contributed by atoms with E-state index >= 15 is 0 Å². The van der Waals surface area contributed by atoms with Crippen molar-refractivity contribution in [2.75, 3.05) is 13.3 Å². The van der Waals surface area contributed by atoms with Gasteiger partial charge in [-0.1, -0.05) is 31.7 Å². The van der Waals surface area contributed by atoms with Gasteiger partial charge >= 0.3 is 0 Å². The first-order valence-electron chi connectivity index (χ1n) is 5.51. The smallest absolute Gasteiger partial charge is 0.126 e. The minimum absolute atomic E-state index is 0.363. The van der Waals surface area contributed by atoms with E-state index in [1.54, 1.807) is 6.08 Å². The predicted octanol–water partition coefficient (Wildman–Crippen LogP) is 4.01. The zero-order valence-corrected chi connectivity index (χ0v) is 9.71. The van der Waals surface area contributed by atoms with Crippen molar-refractivity contribution in [1.82, 2.24) is 0 Å². The van der Waals surface area contributed by atoms with Crippen molar-refractivity contribution in [3.8, 4) is 5.75 Å². The largest absolute Gasteiger partial charge is 0.493 e. The summed E-state index contributed by atoms with van der Waals surface area (Å²) in [6, 6.07) is 5.61. The molecule has 0 N–H and O–H groups in total. The molecule has 1 radical (unpaired) electrons. The number of benzene rings is 1. The molecule has 87 valence electrons. The highest BCUT2D eigenvalue weighted by Gasteiger charge is 2.12. The molecule has 1 aromatic carbocycles. The maximum atomic E-state index is 12.6. The van der Waals surface area contributed by atoms with Crippen LogP contribution in [0.2, 0.25) is 0 Å². The van der Waals surface area contributed by atoms with Gasteiger partial charge < -0.3 is 4.74 Å². The minimum atomic E-state index is -0.474. The molecule has 0 fully saturated rings. The van der Waals surface area contributed by atoms with Gasteiger partial charge in [0.05, 0.1) is 13.3 Å². The summed E-state index contributed by atoms with van der Waals surface area (Å²) in [6.45, 7) is 9.75. The molecule has 1 aromatic rings. The third-order valence-electron chi connectivity index (χ3n) is 2.39. The lowest BCUT2D eigenvalue weighted by Crippen LogP contribution is -2.03. The van der Waals surface area contributed by atoms with Gasteiger partial charge in [-0.15, -0.1) is 0 Å². The lowest BCUT2D eigenvalue weighted by atomic mass is 9.96. The van der Waals surface area contributed by atoms with Crippen LogP contribution in [0.25, 0.3) is 6.08 Å². The first kappa shape index (κ1) is 12.8. The van der Waals surface area contributed by atoms with Crippen LogP contribution in [0.15, 0.2) is 24.8 Å². The standard InChI is InChI=1S/C14H18FO/c1-4-9-16-14-8-6-7-13(11(3)10-15)12(14)5-2/h5-8,11H,2-4,9-10H2,1H3. The second-order valence-corrected chi connectivity index (χ2v) is 3.66. The van der Waals surface area contributed by atoms with E-state index in [0.29, 0.717) is 6.61 Å². The van der Waals surface area contributed by atoms with E-state index in [-0.39, 0.29) is 5.92 Å². The number of rotatable bonds is 6. The topological polar surface area (TPSA) is 9.23 Å². The van der Waals surface area contributed by atoms with E-state index in [1.807, 2.05) is 25.1 Å². The molecule has 16 heavy (non-hydrogen) atoms. The fourth-order valence-corrected chi connectivity index (χ4v) is 1.56. The summed E-state index contributed by atoms with van der Waals surface area (Å²) in [6.07, 6.45) is 2.64. The van der Waals surface area contributed by atoms with Crippen molar-refractivity contribution < 1.29 is 9.13 Å². The van der Waals surface area contributed by atoms with Crippen LogP contribution in [0.1, 0.15) is 30.4 Å². The Morgan fingerprint density at radius 2 is 2.25 bits per heavy atom. The molecule has 0 aliphatic heterocycles. The summed E-state index contributed by atoms with van der Waals surface area (Å²) >= 11 is 0. The Balaban J connectivity index is 3.05. The average molecular weight is 221 g/mol. The van der Waals surface area contributed by atoms with Crippen molar-refractivity contribution in [3.63, 3.8) is 0 Å². The van der Waals surface area contributed by atoms with Crippen LogP contribution in [0.4, 0.5) is 4.39 Å². The molecule has 0 bridgehead atoms. The molecule has 0 aliphatic carbocycles.